The molecule has 1 spiro atoms. The third kappa shape index (κ3) is 3.66. The smallest absolute Gasteiger partial charge is 0.338 e. The topological polar surface area (TPSA) is 121 Å². The van der Waals surface area contributed by atoms with Crippen LogP contribution in [-0.2, 0) is 31.1 Å². The minimum atomic E-state index is -1.49. The number of carbonyl (C=O) groups excluding carboxylic acids is 4. The summed E-state index contributed by atoms with van der Waals surface area (Å²) in [6.45, 7) is 3.79. The third-order valence-electron chi connectivity index (χ3n) is 8.74. The lowest BCUT2D eigenvalue weighted by Crippen LogP contribution is -2.53. The lowest BCUT2D eigenvalue weighted by molar-refractivity contribution is -0.130. The Balaban J connectivity index is 1.34. The molecule has 0 unspecified atom stereocenters. The number of hydrogen-bond acceptors (Lipinski definition) is 6. The molecular weight excluding hydrogens is 556 g/mol. The molecule has 3 aliphatic rings. The van der Waals surface area contributed by atoms with Gasteiger partial charge in [-0.25, -0.2) is 9.69 Å². The number of rotatable bonds is 5. The van der Waals surface area contributed by atoms with E-state index in [0.29, 0.717) is 33.9 Å². The Labute approximate surface area is 246 Å². The second-order valence-electron chi connectivity index (χ2n) is 11.0. The Hall–Kier alpha value is -4.47. The van der Waals surface area contributed by atoms with Crippen molar-refractivity contribution < 1.29 is 23.9 Å². The van der Waals surface area contributed by atoms with Crippen LogP contribution in [0.3, 0.4) is 0 Å². The van der Waals surface area contributed by atoms with Crippen molar-refractivity contribution in [2.75, 3.05) is 16.8 Å². The molecule has 10 heteroatoms. The summed E-state index contributed by atoms with van der Waals surface area (Å²) in [6, 6.07) is 17.0. The highest BCUT2D eigenvalue weighted by molar-refractivity contribution is 6.31. The van der Waals surface area contributed by atoms with E-state index in [1.54, 1.807) is 31.2 Å². The van der Waals surface area contributed by atoms with Crippen molar-refractivity contribution in [3.8, 4) is 0 Å². The average molecular weight is 583 g/mol. The van der Waals surface area contributed by atoms with Crippen molar-refractivity contribution in [3.05, 3.63) is 94.1 Å². The maximum Gasteiger partial charge on any atom is 0.338 e. The van der Waals surface area contributed by atoms with E-state index in [9.17, 15) is 19.2 Å². The maximum absolute atomic E-state index is 14.3. The molecule has 3 aliphatic heterocycles. The molecule has 42 heavy (non-hydrogen) atoms. The Morgan fingerprint density at radius 3 is 2.57 bits per heavy atom. The SMILES string of the molecule is CCOC(=O)c1ccc(N2C(=O)[C@H]3[C@@H](C2=O)[C@@]2(N[C@@H]3Cc3c[nH]c4ccccc34)C(=O)Nc3c(C)cc(Cl)cc32)cc1. The van der Waals surface area contributed by atoms with E-state index in [2.05, 4.69) is 15.6 Å². The zero-order chi connectivity index (χ0) is 29.3. The van der Waals surface area contributed by atoms with Crippen LogP contribution in [0.1, 0.15) is 34.0 Å². The molecule has 4 heterocycles. The number of H-pyrrole nitrogens is 1. The molecule has 3 amide bonds. The van der Waals surface area contributed by atoms with E-state index in [-0.39, 0.29) is 12.5 Å². The van der Waals surface area contributed by atoms with Crippen molar-refractivity contribution in [1.29, 1.82) is 0 Å². The molecule has 1 aromatic heterocycles. The van der Waals surface area contributed by atoms with E-state index in [1.807, 2.05) is 37.4 Å². The van der Waals surface area contributed by atoms with E-state index < -0.39 is 41.2 Å². The van der Waals surface area contributed by atoms with Gasteiger partial charge in [-0.3, -0.25) is 19.7 Å². The second-order valence-corrected chi connectivity index (χ2v) is 11.4. The van der Waals surface area contributed by atoms with Crippen LogP contribution in [0, 0.1) is 18.8 Å². The standard InChI is InChI=1S/C32H27ClN4O5/c1-3-42-30(40)17-8-10-20(11-9-17)37-28(38)25-24(13-18-15-34-23-7-5-4-6-21(18)23)36-32(26(25)29(37)39)22-14-19(33)12-16(2)27(22)35-31(32)41/h4-12,14-15,24-26,34,36H,3,13H2,1-2H3,(H,35,41)/t24-,25-,26+,32-/m1/s1. The molecule has 2 fully saturated rings. The van der Waals surface area contributed by atoms with Gasteiger partial charge in [0.2, 0.25) is 17.7 Å². The minimum Gasteiger partial charge on any atom is -0.462 e. The fourth-order valence-electron chi connectivity index (χ4n) is 6.96. The van der Waals surface area contributed by atoms with Crippen LogP contribution in [0.25, 0.3) is 10.9 Å². The minimum absolute atomic E-state index is 0.229. The molecule has 0 radical (unpaired) electrons. The molecule has 4 aromatic rings. The van der Waals surface area contributed by atoms with Crippen molar-refractivity contribution >= 4 is 57.6 Å². The Morgan fingerprint density at radius 2 is 1.81 bits per heavy atom. The summed E-state index contributed by atoms with van der Waals surface area (Å²) in [7, 11) is 0. The van der Waals surface area contributed by atoms with Crippen LogP contribution >= 0.6 is 11.6 Å². The first-order valence-corrected chi connectivity index (χ1v) is 14.2. The lowest BCUT2D eigenvalue weighted by Gasteiger charge is -2.29. The van der Waals surface area contributed by atoms with Crippen LogP contribution in [0.15, 0.2) is 66.9 Å². The van der Waals surface area contributed by atoms with Crippen LogP contribution in [0.2, 0.25) is 5.02 Å². The summed E-state index contributed by atoms with van der Waals surface area (Å²) >= 11 is 6.48. The molecule has 0 aliphatic carbocycles. The molecular formula is C32H27ClN4O5. The molecule has 3 N–H and O–H groups in total. The number of nitrogens with one attached hydrogen (secondary N) is 3. The highest BCUT2D eigenvalue weighted by atomic mass is 35.5. The van der Waals surface area contributed by atoms with Gasteiger partial charge < -0.3 is 15.0 Å². The van der Waals surface area contributed by atoms with Gasteiger partial charge in [-0.1, -0.05) is 29.8 Å². The highest BCUT2D eigenvalue weighted by Crippen LogP contribution is 2.55. The Bertz CT molecular complexity index is 1820. The van der Waals surface area contributed by atoms with Gasteiger partial charge in [-0.15, -0.1) is 0 Å². The van der Waals surface area contributed by atoms with Gasteiger partial charge in [0.1, 0.15) is 5.54 Å². The van der Waals surface area contributed by atoms with Gasteiger partial charge in [0, 0.05) is 39.4 Å². The number of aromatic nitrogens is 1. The van der Waals surface area contributed by atoms with Crippen molar-refractivity contribution in [3.63, 3.8) is 0 Å². The number of ether oxygens (including phenoxy) is 1. The molecule has 2 saturated heterocycles. The third-order valence-corrected chi connectivity index (χ3v) is 8.96. The number of benzene rings is 3. The lowest BCUT2D eigenvalue weighted by atomic mass is 9.76. The maximum atomic E-state index is 14.3. The number of aromatic amines is 1. The molecule has 0 saturated carbocycles. The van der Waals surface area contributed by atoms with Gasteiger partial charge in [0.15, 0.2) is 0 Å². The summed E-state index contributed by atoms with van der Waals surface area (Å²) in [5, 5.41) is 7.90. The quantitative estimate of drug-likeness (QED) is 0.236. The van der Waals surface area contributed by atoms with Crippen LogP contribution in [0.4, 0.5) is 11.4 Å². The van der Waals surface area contributed by atoms with Gasteiger partial charge >= 0.3 is 5.97 Å². The second kappa shape index (κ2) is 9.54. The molecule has 0 bridgehead atoms. The monoisotopic (exact) mass is 582 g/mol. The van der Waals surface area contributed by atoms with Crippen LogP contribution in [0.5, 0.6) is 0 Å². The fraction of sp³-hybridized carbons (Fsp3) is 0.250. The first-order chi connectivity index (χ1) is 20.2. The number of esters is 1. The molecule has 3 aromatic carbocycles. The zero-order valence-electron chi connectivity index (χ0n) is 22.9. The van der Waals surface area contributed by atoms with Crippen LogP contribution < -0.4 is 15.5 Å². The molecule has 212 valence electrons. The predicted octanol–water partition coefficient (Wildman–Crippen LogP) is 4.47. The number of fused-ring (bicyclic) bond motifs is 5. The number of amides is 3. The number of anilines is 2. The summed E-state index contributed by atoms with van der Waals surface area (Å²) in [6.07, 6.45) is 2.31. The largest absolute Gasteiger partial charge is 0.462 e. The molecule has 7 rings (SSSR count). The Kier molecular flexibility index (Phi) is 6.00. The van der Waals surface area contributed by atoms with Gasteiger partial charge in [-0.05, 0) is 73.9 Å². The van der Waals surface area contributed by atoms with Gasteiger partial charge in [-0.2, -0.15) is 0 Å². The number of carbonyl (C=O) groups is 4. The number of aryl methyl sites for hydroxylation is 1. The number of halogens is 1. The zero-order valence-corrected chi connectivity index (χ0v) is 23.6. The Morgan fingerprint density at radius 1 is 1.05 bits per heavy atom. The van der Waals surface area contributed by atoms with Gasteiger partial charge in [0.25, 0.3) is 0 Å². The first-order valence-electron chi connectivity index (χ1n) is 13.8. The van der Waals surface area contributed by atoms with Crippen LogP contribution in [-0.4, -0.2) is 41.3 Å². The predicted molar refractivity (Wildman–Crippen MR) is 157 cm³/mol. The van der Waals surface area contributed by atoms with Crippen molar-refractivity contribution in [2.45, 2.75) is 31.8 Å². The average Bonchev–Trinajstić information content (AvgIpc) is 3.68. The summed E-state index contributed by atoms with van der Waals surface area (Å²) < 4.78 is 5.07. The van der Waals surface area contributed by atoms with Gasteiger partial charge in [0.05, 0.1) is 29.7 Å². The van der Waals surface area contributed by atoms with E-state index in [0.717, 1.165) is 26.9 Å². The number of nitrogens with zero attached hydrogens (tertiary/aromatic N) is 1. The van der Waals surface area contributed by atoms with E-state index >= 15 is 0 Å². The number of hydrogen-bond donors (Lipinski definition) is 3. The van der Waals surface area contributed by atoms with E-state index in [4.69, 9.17) is 16.3 Å². The summed E-state index contributed by atoms with van der Waals surface area (Å²) in [5.74, 6) is -3.60. The molecule has 9 nitrogen and oxygen atoms in total. The first kappa shape index (κ1) is 26.4. The summed E-state index contributed by atoms with van der Waals surface area (Å²) in [5.41, 5.74) is 3.01. The normalized spacial score (nSPS) is 24.4. The highest BCUT2D eigenvalue weighted by Gasteiger charge is 2.70. The van der Waals surface area contributed by atoms with E-state index in [1.165, 1.54) is 12.1 Å². The number of para-hydroxylation sites is 1. The van der Waals surface area contributed by atoms with Crippen molar-refractivity contribution in [1.82, 2.24) is 10.3 Å². The molecule has 4 atom stereocenters. The fourth-order valence-corrected chi connectivity index (χ4v) is 7.23. The van der Waals surface area contributed by atoms with Crippen molar-refractivity contribution in [2.24, 2.45) is 11.8 Å². The summed E-state index contributed by atoms with van der Waals surface area (Å²) in [4.78, 5) is 59.1. The number of imide groups is 1.